The summed E-state index contributed by atoms with van der Waals surface area (Å²) in [5.74, 6) is -1.10. The summed E-state index contributed by atoms with van der Waals surface area (Å²) in [5, 5.41) is 12.0. The van der Waals surface area contributed by atoms with E-state index in [1.54, 1.807) is 0 Å². The van der Waals surface area contributed by atoms with Crippen molar-refractivity contribution in [2.24, 2.45) is 17.6 Å². The standard InChI is InChI=1S/C13H22N2O3/c14-11-6-2-5-10(11)12(16)15-9-4-1-3-8(7-9)13(17)18/h8-11H,1-7,14H2,(H,15,16)(H,17,18). The highest BCUT2D eigenvalue weighted by atomic mass is 16.4. The molecule has 4 N–H and O–H groups in total. The second-order valence-corrected chi connectivity index (χ2v) is 5.61. The van der Waals surface area contributed by atoms with Crippen molar-refractivity contribution in [3.05, 3.63) is 0 Å². The smallest absolute Gasteiger partial charge is 0.306 e. The first kappa shape index (κ1) is 13.3. The number of amides is 1. The summed E-state index contributed by atoms with van der Waals surface area (Å²) in [6.45, 7) is 0. The number of carboxylic acid groups (broad SMARTS) is 1. The van der Waals surface area contributed by atoms with Crippen LogP contribution in [0.1, 0.15) is 44.9 Å². The third-order valence-electron chi connectivity index (χ3n) is 4.28. The molecule has 0 spiro atoms. The zero-order valence-electron chi connectivity index (χ0n) is 10.6. The summed E-state index contributed by atoms with van der Waals surface area (Å²) in [5.41, 5.74) is 5.91. The predicted molar refractivity (Wildman–Crippen MR) is 66.8 cm³/mol. The first-order valence-corrected chi connectivity index (χ1v) is 6.86. The van der Waals surface area contributed by atoms with Gasteiger partial charge < -0.3 is 16.2 Å². The van der Waals surface area contributed by atoms with Crippen molar-refractivity contribution in [3.8, 4) is 0 Å². The highest BCUT2D eigenvalue weighted by Crippen LogP contribution is 2.27. The lowest BCUT2D eigenvalue weighted by Crippen LogP contribution is -2.45. The molecule has 2 aliphatic carbocycles. The van der Waals surface area contributed by atoms with Crippen molar-refractivity contribution in [3.63, 3.8) is 0 Å². The number of carboxylic acids is 1. The van der Waals surface area contributed by atoms with Crippen LogP contribution >= 0.6 is 0 Å². The number of aliphatic carboxylic acids is 1. The minimum absolute atomic E-state index is 0.0140. The monoisotopic (exact) mass is 254 g/mol. The van der Waals surface area contributed by atoms with Crippen molar-refractivity contribution in [1.82, 2.24) is 5.32 Å². The fourth-order valence-corrected chi connectivity index (χ4v) is 3.17. The molecule has 0 aromatic heterocycles. The van der Waals surface area contributed by atoms with Gasteiger partial charge in [-0.2, -0.15) is 0 Å². The van der Waals surface area contributed by atoms with E-state index < -0.39 is 5.97 Å². The van der Waals surface area contributed by atoms with Gasteiger partial charge in [-0.3, -0.25) is 9.59 Å². The van der Waals surface area contributed by atoms with E-state index in [1.165, 1.54) is 0 Å². The quantitative estimate of drug-likeness (QED) is 0.697. The van der Waals surface area contributed by atoms with Gasteiger partial charge in [-0.25, -0.2) is 0 Å². The van der Waals surface area contributed by atoms with Gasteiger partial charge in [-0.1, -0.05) is 12.8 Å². The molecule has 102 valence electrons. The minimum atomic E-state index is -0.744. The molecular formula is C13H22N2O3. The SMILES string of the molecule is NC1CCCC1C(=O)NC1CCCC(C(=O)O)C1. The van der Waals surface area contributed by atoms with E-state index in [4.69, 9.17) is 10.8 Å². The number of hydrogen-bond acceptors (Lipinski definition) is 3. The van der Waals surface area contributed by atoms with Gasteiger partial charge in [0.15, 0.2) is 0 Å². The van der Waals surface area contributed by atoms with Crippen molar-refractivity contribution < 1.29 is 14.7 Å². The molecule has 0 aromatic carbocycles. The van der Waals surface area contributed by atoms with E-state index in [0.717, 1.165) is 38.5 Å². The Morgan fingerprint density at radius 3 is 2.44 bits per heavy atom. The molecule has 0 heterocycles. The van der Waals surface area contributed by atoms with Crippen LogP contribution in [0, 0.1) is 11.8 Å². The summed E-state index contributed by atoms with van der Waals surface area (Å²) >= 11 is 0. The maximum Gasteiger partial charge on any atom is 0.306 e. The van der Waals surface area contributed by atoms with Crippen molar-refractivity contribution in [2.75, 3.05) is 0 Å². The summed E-state index contributed by atoms with van der Waals surface area (Å²) in [7, 11) is 0. The Kier molecular flexibility index (Phi) is 4.22. The third-order valence-corrected chi connectivity index (χ3v) is 4.28. The highest BCUT2D eigenvalue weighted by Gasteiger charge is 2.33. The molecule has 0 bridgehead atoms. The van der Waals surface area contributed by atoms with Gasteiger partial charge in [0.1, 0.15) is 0 Å². The zero-order chi connectivity index (χ0) is 13.1. The van der Waals surface area contributed by atoms with E-state index in [-0.39, 0.29) is 29.8 Å². The van der Waals surface area contributed by atoms with Gasteiger partial charge in [0.25, 0.3) is 0 Å². The molecule has 2 rings (SSSR count). The van der Waals surface area contributed by atoms with E-state index >= 15 is 0 Å². The highest BCUT2D eigenvalue weighted by molar-refractivity contribution is 5.80. The lowest BCUT2D eigenvalue weighted by Gasteiger charge is -2.28. The summed E-state index contributed by atoms with van der Waals surface area (Å²) in [6.07, 6.45) is 5.84. The number of carbonyl (C=O) groups is 2. The zero-order valence-corrected chi connectivity index (χ0v) is 10.6. The largest absolute Gasteiger partial charge is 0.481 e. The molecule has 5 nitrogen and oxygen atoms in total. The molecule has 1 amide bonds. The molecule has 4 unspecified atom stereocenters. The maximum absolute atomic E-state index is 12.1. The van der Waals surface area contributed by atoms with Crippen LogP contribution < -0.4 is 11.1 Å². The Balaban J connectivity index is 1.85. The Labute approximate surface area is 107 Å². The molecule has 0 aliphatic heterocycles. The fourth-order valence-electron chi connectivity index (χ4n) is 3.17. The van der Waals surface area contributed by atoms with E-state index in [2.05, 4.69) is 5.32 Å². The first-order valence-electron chi connectivity index (χ1n) is 6.86. The number of carbonyl (C=O) groups excluding carboxylic acids is 1. The average Bonchev–Trinajstić information content (AvgIpc) is 2.76. The Bertz CT molecular complexity index is 332. The minimum Gasteiger partial charge on any atom is -0.481 e. The van der Waals surface area contributed by atoms with Crippen molar-refractivity contribution >= 4 is 11.9 Å². The summed E-state index contributed by atoms with van der Waals surface area (Å²) in [4.78, 5) is 23.0. The lowest BCUT2D eigenvalue weighted by molar-refractivity contribution is -0.143. The predicted octanol–water partition coefficient (Wildman–Crippen LogP) is 0.873. The number of nitrogens with two attached hydrogens (primary N) is 1. The van der Waals surface area contributed by atoms with Crippen molar-refractivity contribution in [1.29, 1.82) is 0 Å². The Morgan fingerprint density at radius 1 is 1.11 bits per heavy atom. The van der Waals surface area contributed by atoms with Crippen LogP contribution in [0.5, 0.6) is 0 Å². The molecule has 18 heavy (non-hydrogen) atoms. The molecule has 2 aliphatic rings. The second kappa shape index (κ2) is 5.69. The Hall–Kier alpha value is -1.10. The molecule has 2 fully saturated rings. The van der Waals surface area contributed by atoms with Crippen LogP contribution in [-0.2, 0) is 9.59 Å². The van der Waals surface area contributed by atoms with Crippen LogP contribution in [0.2, 0.25) is 0 Å². The molecule has 0 radical (unpaired) electrons. The molecular weight excluding hydrogens is 232 g/mol. The van der Waals surface area contributed by atoms with Gasteiger partial charge in [0, 0.05) is 12.1 Å². The van der Waals surface area contributed by atoms with Crippen LogP contribution in [0.15, 0.2) is 0 Å². The van der Waals surface area contributed by atoms with Gasteiger partial charge in [-0.15, -0.1) is 0 Å². The number of nitrogens with one attached hydrogen (secondary N) is 1. The Morgan fingerprint density at radius 2 is 1.83 bits per heavy atom. The topological polar surface area (TPSA) is 92.4 Å². The van der Waals surface area contributed by atoms with Crippen LogP contribution in [-0.4, -0.2) is 29.1 Å². The molecule has 5 heteroatoms. The van der Waals surface area contributed by atoms with Crippen molar-refractivity contribution in [2.45, 2.75) is 57.0 Å². The van der Waals surface area contributed by atoms with Gasteiger partial charge in [0.2, 0.25) is 5.91 Å². The second-order valence-electron chi connectivity index (χ2n) is 5.61. The molecule has 2 saturated carbocycles. The number of hydrogen-bond donors (Lipinski definition) is 3. The van der Waals surface area contributed by atoms with E-state index in [0.29, 0.717) is 6.42 Å². The van der Waals surface area contributed by atoms with Crippen LogP contribution in [0.3, 0.4) is 0 Å². The summed E-state index contributed by atoms with van der Waals surface area (Å²) in [6, 6.07) is -0.0102. The maximum atomic E-state index is 12.1. The molecule has 4 atom stereocenters. The molecule has 0 aromatic rings. The van der Waals surface area contributed by atoms with Gasteiger partial charge in [0.05, 0.1) is 11.8 Å². The van der Waals surface area contributed by atoms with Crippen LogP contribution in [0.4, 0.5) is 0 Å². The lowest BCUT2D eigenvalue weighted by atomic mass is 9.85. The van der Waals surface area contributed by atoms with E-state index in [9.17, 15) is 9.59 Å². The van der Waals surface area contributed by atoms with Gasteiger partial charge in [-0.05, 0) is 32.1 Å². The normalized spacial score (nSPS) is 36.3. The number of rotatable bonds is 3. The third kappa shape index (κ3) is 3.02. The molecule has 0 saturated heterocycles. The summed E-state index contributed by atoms with van der Waals surface area (Å²) < 4.78 is 0. The average molecular weight is 254 g/mol. The first-order chi connectivity index (χ1) is 8.58. The van der Waals surface area contributed by atoms with E-state index in [1.807, 2.05) is 0 Å². The van der Waals surface area contributed by atoms with Crippen LogP contribution in [0.25, 0.3) is 0 Å². The fraction of sp³-hybridized carbons (Fsp3) is 0.846. The van der Waals surface area contributed by atoms with Gasteiger partial charge >= 0.3 is 5.97 Å².